The van der Waals surface area contributed by atoms with Crippen LogP contribution in [0.1, 0.15) is 12.5 Å². The van der Waals surface area contributed by atoms with Crippen molar-refractivity contribution < 1.29 is 37.0 Å². The van der Waals surface area contributed by atoms with Crippen molar-refractivity contribution in [3.63, 3.8) is 0 Å². The molecule has 11 nitrogen and oxygen atoms in total. The molecule has 0 atom stereocenters. The molecule has 0 saturated carbocycles. The van der Waals surface area contributed by atoms with Gasteiger partial charge in [-0.3, -0.25) is 10.1 Å². The molecule has 1 aliphatic heterocycles. The average molecular weight is 455 g/mol. The van der Waals surface area contributed by atoms with E-state index in [4.69, 9.17) is 14.2 Å². The van der Waals surface area contributed by atoms with E-state index in [9.17, 15) is 22.8 Å². The number of benzene rings is 1. The van der Waals surface area contributed by atoms with Crippen LogP contribution in [0.25, 0.3) is 6.08 Å². The summed E-state index contributed by atoms with van der Waals surface area (Å²) in [5, 5.41) is 4.36. The highest BCUT2D eigenvalue weighted by Gasteiger charge is 2.29. The van der Waals surface area contributed by atoms with Crippen LogP contribution in [0.3, 0.4) is 0 Å². The Labute approximate surface area is 180 Å². The van der Waals surface area contributed by atoms with Crippen molar-refractivity contribution >= 4 is 34.0 Å². The molecule has 0 radical (unpaired) electrons. The number of hydrogen-bond acceptors (Lipinski definition) is 8. The third-order valence-electron chi connectivity index (χ3n) is 4.12. The number of amides is 3. The Morgan fingerprint density at radius 1 is 1.23 bits per heavy atom. The number of carbonyl (C=O) groups is 3. The molecule has 0 aliphatic carbocycles. The van der Waals surface area contributed by atoms with Gasteiger partial charge in [0.1, 0.15) is 10.6 Å². The van der Waals surface area contributed by atoms with Crippen molar-refractivity contribution in [3.8, 4) is 5.75 Å². The predicted octanol–water partition coefficient (Wildman–Crippen LogP) is 0.118. The number of nitrogens with zero attached hydrogens (tertiary/aromatic N) is 1. The molecule has 1 saturated heterocycles. The number of methoxy groups -OCH3 is 1. The second kappa shape index (κ2) is 11.4. The summed E-state index contributed by atoms with van der Waals surface area (Å²) in [6, 6.07) is 3.75. The van der Waals surface area contributed by atoms with E-state index in [1.807, 2.05) is 5.32 Å². The molecule has 12 heteroatoms. The van der Waals surface area contributed by atoms with Crippen LogP contribution in [0.2, 0.25) is 0 Å². The predicted molar refractivity (Wildman–Crippen MR) is 110 cm³/mol. The fraction of sp³-hybridized carbons (Fsp3) is 0.421. The lowest BCUT2D eigenvalue weighted by atomic mass is 10.2. The van der Waals surface area contributed by atoms with Gasteiger partial charge in [0.25, 0.3) is 5.91 Å². The van der Waals surface area contributed by atoms with Gasteiger partial charge in [0, 0.05) is 25.7 Å². The quantitative estimate of drug-likeness (QED) is 0.416. The summed E-state index contributed by atoms with van der Waals surface area (Å²) in [6.45, 7) is 2.46. The number of hydrogen-bond donors (Lipinski definition) is 2. The van der Waals surface area contributed by atoms with Gasteiger partial charge in [-0.15, -0.1) is 0 Å². The first-order valence-electron chi connectivity index (χ1n) is 9.46. The minimum Gasteiger partial charge on any atom is -0.495 e. The second-order valence-corrected chi connectivity index (χ2v) is 8.18. The van der Waals surface area contributed by atoms with Gasteiger partial charge >= 0.3 is 12.0 Å². The Bertz CT molecular complexity index is 939. The van der Waals surface area contributed by atoms with Gasteiger partial charge in [-0.2, -0.15) is 4.31 Å². The third-order valence-corrected chi connectivity index (χ3v) is 6.04. The summed E-state index contributed by atoms with van der Waals surface area (Å²) in [5.74, 6) is -1.44. The van der Waals surface area contributed by atoms with E-state index in [2.05, 4.69) is 5.32 Å². The van der Waals surface area contributed by atoms with E-state index < -0.39 is 34.5 Å². The molecule has 1 fully saturated rings. The molecule has 1 aromatic rings. The maximum atomic E-state index is 13.0. The Morgan fingerprint density at radius 2 is 1.94 bits per heavy atom. The Balaban J connectivity index is 2.05. The van der Waals surface area contributed by atoms with E-state index in [0.29, 0.717) is 25.3 Å². The summed E-state index contributed by atoms with van der Waals surface area (Å²) in [5.41, 5.74) is 0.413. The monoisotopic (exact) mass is 455 g/mol. The molecule has 2 rings (SSSR count). The van der Waals surface area contributed by atoms with Crippen LogP contribution in [0.15, 0.2) is 29.2 Å². The summed E-state index contributed by atoms with van der Waals surface area (Å²) in [6.07, 6.45) is 2.40. The van der Waals surface area contributed by atoms with E-state index in [-0.39, 0.29) is 23.7 Å². The van der Waals surface area contributed by atoms with Gasteiger partial charge in [0.15, 0.2) is 6.61 Å². The SMILES string of the molecule is CCNC(=O)NC(=O)COC(=O)/C=C/c1ccc(OC)c(S(=O)(=O)N2CCOCC2)c1. The van der Waals surface area contributed by atoms with E-state index >= 15 is 0 Å². The van der Waals surface area contributed by atoms with Crippen LogP contribution in [0.5, 0.6) is 5.75 Å². The van der Waals surface area contributed by atoms with Gasteiger partial charge in [0.2, 0.25) is 10.0 Å². The minimum atomic E-state index is -3.82. The smallest absolute Gasteiger partial charge is 0.331 e. The molecule has 1 aromatic carbocycles. The van der Waals surface area contributed by atoms with Crippen molar-refractivity contribution in [2.24, 2.45) is 0 Å². The molecule has 170 valence electrons. The number of carbonyl (C=O) groups excluding carboxylic acids is 3. The highest BCUT2D eigenvalue weighted by atomic mass is 32.2. The molecule has 2 N–H and O–H groups in total. The zero-order valence-corrected chi connectivity index (χ0v) is 18.1. The molecular weight excluding hydrogens is 430 g/mol. The lowest BCUT2D eigenvalue weighted by molar-refractivity contribution is -0.143. The van der Waals surface area contributed by atoms with Gasteiger partial charge in [0.05, 0.1) is 20.3 Å². The fourth-order valence-corrected chi connectivity index (χ4v) is 4.24. The second-order valence-electron chi connectivity index (χ2n) is 6.28. The Hall–Kier alpha value is -2.96. The number of rotatable bonds is 8. The molecule has 31 heavy (non-hydrogen) atoms. The number of morpholine rings is 1. The van der Waals surface area contributed by atoms with Gasteiger partial charge in [-0.1, -0.05) is 6.07 Å². The number of imide groups is 1. The lowest BCUT2D eigenvalue weighted by Crippen LogP contribution is -2.41. The van der Waals surface area contributed by atoms with Gasteiger partial charge < -0.3 is 19.5 Å². The topological polar surface area (TPSA) is 140 Å². The van der Waals surface area contributed by atoms with E-state index in [1.165, 1.54) is 29.6 Å². The summed E-state index contributed by atoms with van der Waals surface area (Å²) in [7, 11) is -2.45. The zero-order valence-electron chi connectivity index (χ0n) is 17.3. The first-order chi connectivity index (χ1) is 14.8. The van der Waals surface area contributed by atoms with Crippen molar-refractivity contribution in [1.29, 1.82) is 0 Å². The van der Waals surface area contributed by atoms with Crippen LogP contribution < -0.4 is 15.4 Å². The number of urea groups is 1. The number of sulfonamides is 1. The van der Waals surface area contributed by atoms with Gasteiger partial charge in [-0.05, 0) is 30.7 Å². The molecular formula is C19H25N3O8S. The first-order valence-corrected chi connectivity index (χ1v) is 10.9. The van der Waals surface area contributed by atoms with E-state index in [0.717, 1.165) is 6.08 Å². The summed E-state index contributed by atoms with van der Waals surface area (Å²) in [4.78, 5) is 34.5. The standard InChI is InChI=1S/C19H25N3O8S/c1-3-20-19(25)21-17(23)13-30-18(24)7-5-14-4-6-15(28-2)16(12-14)31(26,27)22-8-10-29-11-9-22/h4-7,12H,3,8-11,13H2,1-2H3,(H2,20,21,23,25)/b7-5+. The average Bonchev–Trinajstić information content (AvgIpc) is 2.76. The van der Waals surface area contributed by atoms with Crippen molar-refractivity contribution in [2.45, 2.75) is 11.8 Å². The van der Waals surface area contributed by atoms with Crippen LogP contribution in [0.4, 0.5) is 4.79 Å². The number of esters is 1. The number of nitrogens with one attached hydrogen (secondary N) is 2. The molecule has 3 amide bonds. The highest BCUT2D eigenvalue weighted by molar-refractivity contribution is 7.89. The third kappa shape index (κ3) is 7.05. The fourth-order valence-electron chi connectivity index (χ4n) is 2.64. The molecule has 0 aromatic heterocycles. The Kier molecular flexibility index (Phi) is 8.97. The Morgan fingerprint density at radius 3 is 2.58 bits per heavy atom. The van der Waals surface area contributed by atoms with E-state index in [1.54, 1.807) is 13.0 Å². The van der Waals surface area contributed by atoms with Crippen LogP contribution in [-0.2, 0) is 29.1 Å². The summed E-state index contributed by atoms with van der Waals surface area (Å²) < 4.78 is 42.4. The first kappa shape index (κ1) is 24.3. The maximum Gasteiger partial charge on any atom is 0.331 e. The lowest BCUT2D eigenvalue weighted by Gasteiger charge is -2.26. The largest absolute Gasteiger partial charge is 0.495 e. The normalized spacial score (nSPS) is 14.8. The summed E-state index contributed by atoms with van der Waals surface area (Å²) >= 11 is 0. The molecule has 0 unspecified atom stereocenters. The van der Waals surface area contributed by atoms with Crippen molar-refractivity contribution in [2.75, 3.05) is 46.6 Å². The number of ether oxygens (including phenoxy) is 3. The maximum absolute atomic E-state index is 13.0. The minimum absolute atomic E-state index is 0.0336. The molecule has 0 bridgehead atoms. The molecule has 0 spiro atoms. The zero-order chi connectivity index (χ0) is 22.9. The highest BCUT2D eigenvalue weighted by Crippen LogP contribution is 2.28. The van der Waals surface area contributed by atoms with Crippen LogP contribution >= 0.6 is 0 Å². The van der Waals surface area contributed by atoms with Gasteiger partial charge in [-0.25, -0.2) is 18.0 Å². The van der Waals surface area contributed by atoms with Crippen molar-refractivity contribution in [1.82, 2.24) is 14.9 Å². The van der Waals surface area contributed by atoms with Crippen LogP contribution in [-0.4, -0.2) is 77.2 Å². The molecule has 1 heterocycles. The van der Waals surface area contributed by atoms with Crippen molar-refractivity contribution in [3.05, 3.63) is 29.8 Å². The molecule has 1 aliphatic rings. The van der Waals surface area contributed by atoms with Crippen LogP contribution in [0, 0.1) is 0 Å².